The smallest absolute Gasteiger partial charge is 0.131 e. The molecule has 3 atom stereocenters. The Morgan fingerprint density at radius 2 is 1.77 bits per heavy atom. The maximum atomic E-state index is 7.07. The van der Waals surface area contributed by atoms with Crippen molar-refractivity contribution >= 4 is 22.2 Å². The summed E-state index contributed by atoms with van der Waals surface area (Å²) in [7, 11) is 0. The quantitative estimate of drug-likeness (QED) is 0.226. The minimum Gasteiger partial charge on any atom is -0.461 e. The Morgan fingerprint density at radius 1 is 0.827 bits per heavy atom. The van der Waals surface area contributed by atoms with E-state index in [0.717, 1.165) is 81.8 Å². The first-order chi connectivity index (χ1) is 25.8. The first-order valence-corrected chi connectivity index (χ1v) is 19.3. The first-order valence-electron chi connectivity index (χ1n) is 19.3. The van der Waals surface area contributed by atoms with Gasteiger partial charge in [0.25, 0.3) is 0 Å². The third-order valence-corrected chi connectivity index (χ3v) is 12.8. The van der Waals surface area contributed by atoms with E-state index in [-0.39, 0.29) is 11.3 Å². The van der Waals surface area contributed by atoms with Crippen molar-refractivity contribution in [2.75, 3.05) is 13.1 Å². The maximum Gasteiger partial charge on any atom is 0.131 e. The van der Waals surface area contributed by atoms with Crippen LogP contribution in [0.4, 0.5) is 0 Å². The van der Waals surface area contributed by atoms with Crippen molar-refractivity contribution in [3.8, 4) is 5.75 Å². The van der Waals surface area contributed by atoms with E-state index in [2.05, 4.69) is 124 Å². The SMILES string of the molecule is C1=CCC2C(=C1)OC1=C(CCC(n3c4c(c5ccccc53)CNCC4)=C1)C21C2=C(CC(c3cccc(C4=CC=CNC4)c3)CC2)Oc2ccccc21. The molecule has 0 fully saturated rings. The standard InChI is InChI=1S/C47H43N3O2/c1-4-15-41-35(12-1)36-29-49-24-22-42(36)50(41)34-19-21-40-46(27-34)52-44-17-6-3-14-38(44)47(40)37-13-2-5-16-43(37)51-45-26-32(18-20-39(45)47)30-9-7-10-31(25-30)33-11-8-23-48-28-33/h1-13,15-17,23,25,27,32,38,48-49H,14,18-22,24,26,28-29H2. The molecular weight excluding hydrogens is 639 g/mol. The molecule has 5 heteroatoms. The highest BCUT2D eigenvalue weighted by Crippen LogP contribution is 2.64. The number of hydrogen-bond acceptors (Lipinski definition) is 4. The van der Waals surface area contributed by atoms with E-state index >= 15 is 0 Å². The van der Waals surface area contributed by atoms with Gasteiger partial charge in [-0.1, -0.05) is 78.9 Å². The van der Waals surface area contributed by atoms with Crippen molar-refractivity contribution in [2.24, 2.45) is 5.92 Å². The molecule has 0 radical (unpaired) electrons. The molecular formula is C47H43N3O2. The number of rotatable bonds is 3. The van der Waals surface area contributed by atoms with Gasteiger partial charge in [0.2, 0.25) is 0 Å². The Balaban J connectivity index is 1.07. The Hall–Kier alpha value is -5.26. The Morgan fingerprint density at radius 3 is 2.73 bits per heavy atom. The molecule has 0 bridgehead atoms. The summed E-state index contributed by atoms with van der Waals surface area (Å²) < 4.78 is 16.7. The van der Waals surface area contributed by atoms with Gasteiger partial charge in [0, 0.05) is 66.8 Å². The molecule has 5 heterocycles. The van der Waals surface area contributed by atoms with Crippen LogP contribution < -0.4 is 15.4 Å². The van der Waals surface area contributed by atoms with Crippen LogP contribution in [0, 0.1) is 5.92 Å². The van der Waals surface area contributed by atoms with E-state index in [4.69, 9.17) is 9.47 Å². The molecule has 1 aromatic heterocycles. The van der Waals surface area contributed by atoms with Crippen LogP contribution in [-0.2, 0) is 23.1 Å². The highest BCUT2D eigenvalue weighted by molar-refractivity contribution is 5.89. The second kappa shape index (κ2) is 11.9. The predicted molar refractivity (Wildman–Crippen MR) is 208 cm³/mol. The van der Waals surface area contributed by atoms with Gasteiger partial charge in [0.05, 0.1) is 10.9 Å². The number of nitrogens with one attached hydrogen (secondary N) is 2. The van der Waals surface area contributed by atoms with Crippen LogP contribution in [0.1, 0.15) is 72.4 Å². The fraction of sp³-hybridized carbons (Fsp3) is 0.277. The van der Waals surface area contributed by atoms with Crippen molar-refractivity contribution in [1.82, 2.24) is 15.2 Å². The minimum atomic E-state index is -0.295. The van der Waals surface area contributed by atoms with Crippen LogP contribution in [-0.4, -0.2) is 17.7 Å². The van der Waals surface area contributed by atoms with E-state index in [1.165, 1.54) is 67.0 Å². The number of dihydropyridines is 1. The summed E-state index contributed by atoms with van der Waals surface area (Å²) in [6.45, 7) is 2.80. The van der Waals surface area contributed by atoms with Gasteiger partial charge in [-0.25, -0.2) is 0 Å². The van der Waals surface area contributed by atoms with E-state index in [9.17, 15) is 0 Å². The molecule has 4 aromatic rings. The van der Waals surface area contributed by atoms with Crippen LogP contribution in [0.2, 0.25) is 0 Å². The number of hydrogen-bond donors (Lipinski definition) is 2. The average Bonchev–Trinajstić information content (AvgIpc) is 3.55. The zero-order valence-corrected chi connectivity index (χ0v) is 29.5. The van der Waals surface area contributed by atoms with Crippen LogP contribution in [0.15, 0.2) is 144 Å². The molecule has 3 aliphatic carbocycles. The van der Waals surface area contributed by atoms with Gasteiger partial charge in [-0.05, 0) is 102 Å². The number of allylic oxidation sites excluding steroid dienone is 11. The van der Waals surface area contributed by atoms with Gasteiger partial charge < -0.3 is 24.7 Å². The van der Waals surface area contributed by atoms with Gasteiger partial charge in [0.15, 0.2) is 0 Å². The number of benzene rings is 3. The van der Waals surface area contributed by atoms with Gasteiger partial charge >= 0.3 is 0 Å². The summed E-state index contributed by atoms with van der Waals surface area (Å²) in [6.07, 6.45) is 22.5. The lowest BCUT2D eigenvalue weighted by Gasteiger charge is -2.54. The van der Waals surface area contributed by atoms with Crippen molar-refractivity contribution in [2.45, 2.75) is 62.8 Å². The maximum absolute atomic E-state index is 7.07. The number of nitrogens with zero attached hydrogens (tertiary/aromatic N) is 1. The molecule has 0 saturated carbocycles. The largest absolute Gasteiger partial charge is 0.461 e. The molecule has 0 amide bonds. The highest BCUT2D eigenvalue weighted by atomic mass is 16.5. The van der Waals surface area contributed by atoms with Crippen molar-refractivity contribution in [3.05, 3.63) is 172 Å². The summed E-state index contributed by atoms with van der Waals surface area (Å²) in [5.74, 6) is 4.92. The number of para-hydroxylation sites is 2. The minimum absolute atomic E-state index is 0.200. The molecule has 3 unspecified atom stereocenters. The second-order valence-electron chi connectivity index (χ2n) is 15.4. The van der Waals surface area contributed by atoms with Crippen molar-refractivity contribution < 1.29 is 9.47 Å². The molecule has 7 aliphatic rings. The van der Waals surface area contributed by atoms with Gasteiger partial charge in [-0.15, -0.1) is 0 Å². The topological polar surface area (TPSA) is 47.5 Å². The molecule has 5 nitrogen and oxygen atoms in total. The molecule has 1 spiro atoms. The summed E-state index contributed by atoms with van der Waals surface area (Å²) in [4.78, 5) is 0. The van der Waals surface area contributed by atoms with Crippen LogP contribution in [0.5, 0.6) is 5.75 Å². The molecule has 11 rings (SSSR count). The summed E-state index contributed by atoms with van der Waals surface area (Å²) in [6, 6.07) is 27.1. The number of ether oxygens (including phenoxy) is 2. The fourth-order valence-corrected chi connectivity index (χ4v) is 10.6. The lowest BCUT2D eigenvalue weighted by atomic mass is 9.53. The molecule has 0 saturated heterocycles. The Bertz CT molecular complexity index is 2400. The summed E-state index contributed by atoms with van der Waals surface area (Å²) in [5.41, 5.74) is 13.5. The van der Waals surface area contributed by atoms with Gasteiger partial charge in [-0.2, -0.15) is 0 Å². The highest BCUT2D eigenvalue weighted by Gasteiger charge is 2.57. The first kappa shape index (κ1) is 30.4. The normalized spacial score (nSPS) is 25.8. The third-order valence-electron chi connectivity index (χ3n) is 12.8. The second-order valence-corrected chi connectivity index (χ2v) is 15.4. The van der Waals surface area contributed by atoms with Gasteiger partial charge in [-0.3, -0.25) is 0 Å². The van der Waals surface area contributed by atoms with E-state index < -0.39 is 0 Å². The fourth-order valence-electron chi connectivity index (χ4n) is 10.6. The molecule has 258 valence electrons. The Labute approximate surface area is 305 Å². The van der Waals surface area contributed by atoms with Crippen molar-refractivity contribution in [3.63, 3.8) is 0 Å². The van der Waals surface area contributed by atoms with E-state index in [1.54, 1.807) is 0 Å². The zero-order chi connectivity index (χ0) is 34.2. The monoisotopic (exact) mass is 681 g/mol. The molecule has 4 aliphatic heterocycles. The summed E-state index contributed by atoms with van der Waals surface area (Å²) in [5, 5.41) is 8.37. The van der Waals surface area contributed by atoms with Crippen LogP contribution in [0.3, 0.4) is 0 Å². The van der Waals surface area contributed by atoms with Crippen LogP contribution >= 0.6 is 0 Å². The van der Waals surface area contributed by atoms with E-state index in [1.807, 2.05) is 6.20 Å². The average molecular weight is 682 g/mol. The predicted octanol–water partition coefficient (Wildman–Crippen LogP) is 9.72. The lowest BCUT2D eigenvalue weighted by Crippen LogP contribution is -2.48. The summed E-state index contributed by atoms with van der Waals surface area (Å²) >= 11 is 0. The Kier molecular flexibility index (Phi) is 6.95. The number of fused-ring (bicyclic) bond motifs is 9. The number of aromatic nitrogens is 1. The third kappa shape index (κ3) is 4.45. The van der Waals surface area contributed by atoms with Gasteiger partial charge in [0.1, 0.15) is 23.0 Å². The molecule has 52 heavy (non-hydrogen) atoms. The lowest BCUT2D eigenvalue weighted by molar-refractivity contribution is 0.164. The van der Waals surface area contributed by atoms with Crippen LogP contribution in [0.25, 0.3) is 22.2 Å². The van der Waals surface area contributed by atoms with Crippen molar-refractivity contribution in [1.29, 1.82) is 0 Å². The molecule has 2 N–H and O–H groups in total. The molecule has 3 aromatic carbocycles. The van der Waals surface area contributed by atoms with E-state index in [0.29, 0.717) is 5.92 Å². The zero-order valence-electron chi connectivity index (χ0n) is 29.5.